The van der Waals surface area contributed by atoms with Gasteiger partial charge in [-0.1, -0.05) is 0 Å². The molecule has 9 nitrogen and oxygen atoms in total. The van der Waals surface area contributed by atoms with Crippen LogP contribution in [-0.2, 0) is 23.8 Å². The molecular formula is C17H19N3O6. The number of anilines is 1. The minimum Gasteiger partial charge on any atom is -0.466 e. The number of hydrogen-bond acceptors (Lipinski definition) is 7. The molecule has 1 aromatic carbocycles. The van der Waals surface area contributed by atoms with Crippen LogP contribution >= 0.6 is 0 Å². The molecule has 9 heteroatoms. The minimum atomic E-state index is -0.694. The first-order valence-electron chi connectivity index (χ1n) is 7.86. The summed E-state index contributed by atoms with van der Waals surface area (Å²) in [6.45, 7) is 3.68. The van der Waals surface area contributed by atoms with Crippen LogP contribution in [0.25, 0.3) is 11.0 Å². The van der Waals surface area contributed by atoms with Crippen molar-refractivity contribution in [3.63, 3.8) is 0 Å². The van der Waals surface area contributed by atoms with Crippen molar-refractivity contribution in [2.24, 2.45) is 0 Å². The van der Waals surface area contributed by atoms with Gasteiger partial charge >= 0.3 is 17.6 Å². The van der Waals surface area contributed by atoms with Gasteiger partial charge in [-0.25, -0.2) is 14.4 Å². The highest BCUT2D eigenvalue weighted by Gasteiger charge is 2.34. The van der Waals surface area contributed by atoms with Gasteiger partial charge in [-0.2, -0.15) is 0 Å². The third kappa shape index (κ3) is 2.76. The molecule has 0 unspecified atom stereocenters. The third-order valence-electron chi connectivity index (χ3n) is 4.40. The van der Waals surface area contributed by atoms with Crippen LogP contribution in [-0.4, -0.2) is 49.5 Å². The number of nitrogens with one attached hydrogen (secondary N) is 2. The summed E-state index contributed by atoms with van der Waals surface area (Å²) in [5.41, 5.74) is 3.08. The van der Waals surface area contributed by atoms with E-state index in [-0.39, 0.29) is 30.3 Å². The van der Waals surface area contributed by atoms with E-state index in [1.807, 2.05) is 19.9 Å². The van der Waals surface area contributed by atoms with Crippen LogP contribution in [0.5, 0.6) is 0 Å². The van der Waals surface area contributed by atoms with E-state index in [4.69, 9.17) is 14.2 Å². The van der Waals surface area contributed by atoms with Gasteiger partial charge in [0.2, 0.25) is 0 Å². The lowest BCUT2D eigenvalue weighted by Gasteiger charge is -2.32. The van der Waals surface area contributed by atoms with E-state index >= 15 is 0 Å². The molecule has 0 radical (unpaired) electrons. The number of fused-ring (bicyclic) bond motifs is 1. The Morgan fingerprint density at radius 2 is 1.85 bits per heavy atom. The first-order valence-corrected chi connectivity index (χ1v) is 7.86. The molecule has 0 amide bonds. The lowest BCUT2D eigenvalue weighted by atomic mass is 10.0. The van der Waals surface area contributed by atoms with Crippen molar-refractivity contribution in [3.05, 3.63) is 38.9 Å². The van der Waals surface area contributed by atoms with E-state index in [1.54, 1.807) is 0 Å². The number of ether oxygens (including phenoxy) is 3. The number of H-pyrrole nitrogens is 2. The molecule has 0 fully saturated rings. The van der Waals surface area contributed by atoms with Crippen LogP contribution in [0.3, 0.4) is 0 Å². The van der Waals surface area contributed by atoms with Gasteiger partial charge in [0, 0.05) is 0 Å². The average molecular weight is 361 g/mol. The zero-order chi connectivity index (χ0) is 19.0. The van der Waals surface area contributed by atoms with E-state index < -0.39 is 11.9 Å². The second-order valence-corrected chi connectivity index (χ2v) is 5.88. The van der Waals surface area contributed by atoms with Crippen LogP contribution < -0.4 is 10.6 Å². The smallest absolute Gasteiger partial charge is 0.355 e. The number of hydrogen-bond donors (Lipinski definition) is 2. The Kier molecular flexibility index (Phi) is 4.56. The van der Waals surface area contributed by atoms with Crippen LogP contribution in [0, 0.1) is 13.8 Å². The van der Waals surface area contributed by atoms with Crippen molar-refractivity contribution >= 4 is 28.7 Å². The van der Waals surface area contributed by atoms with Gasteiger partial charge in [0.15, 0.2) is 0 Å². The number of imidazole rings is 1. The van der Waals surface area contributed by atoms with E-state index in [9.17, 15) is 14.4 Å². The maximum Gasteiger partial charge on any atom is 0.355 e. The van der Waals surface area contributed by atoms with Crippen molar-refractivity contribution in [1.29, 1.82) is 0 Å². The Balaban J connectivity index is 2.32. The molecule has 26 heavy (non-hydrogen) atoms. The SMILES string of the molecule is COC(=O)C1=C(C(=O)OC)N(c2c(C)c(C)cc3[nH]c(=O)[nH]c23)COC1. The summed E-state index contributed by atoms with van der Waals surface area (Å²) in [5, 5.41) is 0. The Labute approximate surface area is 148 Å². The van der Waals surface area contributed by atoms with Crippen molar-refractivity contribution in [3.8, 4) is 0 Å². The lowest BCUT2D eigenvalue weighted by molar-refractivity contribution is -0.140. The number of esters is 2. The highest BCUT2D eigenvalue weighted by molar-refractivity contribution is 6.05. The quantitative estimate of drug-likeness (QED) is 0.780. The molecule has 2 heterocycles. The first kappa shape index (κ1) is 17.7. The third-order valence-corrected chi connectivity index (χ3v) is 4.40. The maximum absolute atomic E-state index is 12.5. The second-order valence-electron chi connectivity index (χ2n) is 5.88. The molecule has 0 saturated carbocycles. The fraction of sp³-hybridized carbons (Fsp3) is 0.353. The first-order chi connectivity index (χ1) is 12.4. The maximum atomic E-state index is 12.5. The summed E-state index contributed by atoms with van der Waals surface area (Å²) in [6.07, 6.45) is 0. The monoisotopic (exact) mass is 361 g/mol. The van der Waals surface area contributed by atoms with E-state index in [0.29, 0.717) is 16.7 Å². The van der Waals surface area contributed by atoms with Gasteiger partial charge < -0.3 is 29.1 Å². The van der Waals surface area contributed by atoms with E-state index in [1.165, 1.54) is 19.1 Å². The van der Waals surface area contributed by atoms with Crippen molar-refractivity contribution in [2.75, 3.05) is 32.5 Å². The Bertz CT molecular complexity index is 984. The fourth-order valence-electron chi connectivity index (χ4n) is 3.05. The summed E-state index contributed by atoms with van der Waals surface area (Å²) in [6, 6.07) is 1.83. The standard InChI is InChI=1S/C17H19N3O6/c1-8-5-11-12(19-17(23)18-11)13(9(8)2)20-7-26-6-10(15(21)24-3)14(20)16(22)25-4/h5H,6-7H2,1-4H3,(H2,18,19,23). The summed E-state index contributed by atoms with van der Waals surface area (Å²) >= 11 is 0. The van der Waals surface area contributed by atoms with E-state index in [2.05, 4.69) is 9.97 Å². The Hall–Kier alpha value is -3.07. The zero-order valence-corrected chi connectivity index (χ0v) is 14.9. The van der Waals surface area contributed by atoms with E-state index in [0.717, 1.165) is 11.1 Å². The molecule has 0 spiro atoms. The number of aryl methyl sites for hydroxylation is 1. The lowest BCUT2D eigenvalue weighted by Crippen LogP contribution is -2.39. The summed E-state index contributed by atoms with van der Waals surface area (Å²) in [4.78, 5) is 43.3. The number of carbonyl (C=O) groups excluding carboxylic acids is 2. The van der Waals surface area contributed by atoms with Gasteiger partial charge in [0.05, 0.1) is 43.1 Å². The molecule has 0 bridgehead atoms. The molecule has 0 saturated heterocycles. The molecule has 1 aliphatic heterocycles. The predicted octanol–water partition coefficient (Wildman–Crippen LogP) is 0.867. The van der Waals surface area contributed by atoms with Crippen molar-refractivity contribution in [1.82, 2.24) is 9.97 Å². The summed E-state index contributed by atoms with van der Waals surface area (Å²) in [5.74, 6) is -1.38. The molecule has 138 valence electrons. The fourth-order valence-corrected chi connectivity index (χ4v) is 3.05. The number of carbonyl (C=O) groups is 2. The van der Waals surface area contributed by atoms with Gasteiger partial charge in [-0.15, -0.1) is 0 Å². The van der Waals surface area contributed by atoms with Crippen LogP contribution in [0.4, 0.5) is 5.69 Å². The van der Waals surface area contributed by atoms with Crippen molar-refractivity contribution < 1.29 is 23.8 Å². The number of nitrogens with zero attached hydrogens (tertiary/aromatic N) is 1. The van der Waals surface area contributed by atoms with Gasteiger partial charge in [-0.05, 0) is 31.0 Å². The van der Waals surface area contributed by atoms with Crippen LogP contribution in [0.15, 0.2) is 22.1 Å². The summed E-state index contributed by atoms with van der Waals surface area (Å²) in [7, 11) is 2.46. The highest BCUT2D eigenvalue weighted by atomic mass is 16.5. The number of methoxy groups -OCH3 is 2. The Morgan fingerprint density at radius 1 is 1.15 bits per heavy atom. The largest absolute Gasteiger partial charge is 0.466 e. The molecule has 3 rings (SSSR count). The number of aromatic amines is 2. The van der Waals surface area contributed by atoms with Gasteiger partial charge in [0.25, 0.3) is 0 Å². The normalized spacial score (nSPS) is 14.7. The number of aromatic nitrogens is 2. The molecule has 2 aromatic rings. The summed E-state index contributed by atoms with van der Waals surface area (Å²) < 4.78 is 15.1. The predicted molar refractivity (Wildman–Crippen MR) is 92.7 cm³/mol. The van der Waals surface area contributed by atoms with Crippen LogP contribution in [0.1, 0.15) is 11.1 Å². The average Bonchev–Trinajstić information content (AvgIpc) is 3.00. The van der Waals surface area contributed by atoms with Gasteiger partial charge in [-0.3, -0.25) is 0 Å². The molecule has 0 aliphatic carbocycles. The Morgan fingerprint density at radius 3 is 2.50 bits per heavy atom. The molecule has 1 aliphatic rings. The minimum absolute atomic E-state index is 0.0114. The van der Waals surface area contributed by atoms with Crippen LogP contribution in [0.2, 0.25) is 0 Å². The number of benzene rings is 1. The zero-order valence-electron chi connectivity index (χ0n) is 14.9. The number of rotatable bonds is 3. The molecule has 2 N–H and O–H groups in total. The molecular weight excluding hydrogens is 342 g/mol. The highest BCUT2D eigenvalue weighted by Crippen LogP contribution is 2.35. The second kappa shape index (κ2) is 6.68. The van der Waals surface area contributed by atoms with Gasteiger partial charge in [0.1, 0.15) is 12.4 Å². The van der Waals surface area contributed by atoms with Crippen molar-refractivity contribution in [2.45, 2.75) is 13.8 Å². The molecule has 0 atom stereocenters. The molecule has 1 aromatic heterocycles. The topological polar surface area (TPSA) is 114 Å².